The Morgan fingerprint density at radius 1 is 1.06 bits per heavy atom. The van der Waals surface area contributed by atoms with Gasteiger partial charge in [-0.25, -0.2) is 0 Å². The minimum atomic E-state index is -0.225. The number of anilines is 1. The van der Waals surface area contributed by atoms with Gasteiger partial charge >= 0.3 is 0 Å². The summed E-state index contributed by atoms with van der Waals surface area (Å²) in [6, 6.07) is 18.1. The first-order valence-corrected chi connectivity index (χ1v) is 11.1. The SMILES string of the molecule is NC(=O)C1CCCN(Cc2ccccc2NC(=O)CCCOCCc2ccccc2)C1. The fourth-order valence-electron chi connectivity index (χ4n) is 3.94. The van der Waals surface area contributed by atoms with Crippen LogP contribution in [0, 0.1) is 5.92 Å². The Morgan fingerprint density at radius 2 is 1.84 bits per heavy atom. The number of ether oxygens (including phenoxy) is 1. The number of hydrogen-bond acceptors (Lipinski definition) is 4. The lowest BCUT2D eigenvalue weighted by atomic mass is 9.97. The number of carbonyl (C=O) groups is 2. The van der Waals surface area contributed by atoms with Crippen molar-refractivity contribution in [3.8, 4) is 0 Å². The maximum absolute atomic E-state index is 12.4. The monoisotopic (exact) mass is 423 g/mol. The van der Waals surface area contributed by atoms with Gasteiger partial charge < -0.3 is 15.8 Å². The van der Waals surface area contributed by atoms with Crippen LogP contribution in [0.15, 0.2) is 54.6 Å². The molecule has 1 unspecified atom stereocenters. The molecule has 2 aromatic carbocycles. The number of para-hydroxylation sites is 1. The first-order valence-electron chi connectivity index (χ1n) is 11.1. The highest BCUT2D eigenvalue weighted by Gasteiger charge is 2.24. The zero-order chi connectivity index (χ0) is 21.9. The van der Waals surface area contributed by atoms with E-state index in [1.807, 2.05) is 42.5 Å². The van der Waals surface area contributed by atoms with Crippen LogP contribution in [0.25, 0.3) is 0 Å². The largest absolute Gasteiger partial charge is 0.381 e. The summed E-state index contributed by atoms with van der Waals surface area (Å²) in [4.78, 5) is 26.2. The number of amides is 2. The highest BCUT2D eigenvalue weighted by Crippen LogP contribution is 2.22. The average molecular weight is 424 g/mol. The highest BCUT2D eigenvalue weighted by molar-refractivity contribution is 5.91. The third-order valence-electron chi connectivity index (χ3n) is 5.66. The molecule has 0 spiro atoms. The van der Waals surface area contributed by atoms with Gasteiger partial charge in [-0.2, -0.15) is 0 Å². The number of carbonyl (C=O) groups excluding carboxylic acids is 2. The van der Waals surface area contributed by atoms with Crippen molar-refractivity contribution in [2.75, 3.05) is 31.6 Å². The van der Waals surface area contributed by atoms with Crippen LogP contribution in [0.1, 0.15) is 36.8 Å². The van der Waals surface area contributed by atoms with Gasteiger partial charge in [-0.1, -0.05) is 48.5 Å². The predicted octanol–water partition coefficient (Wildman–Crippen LogP) is 3.36. The Hall–Kier alpha value is -2.70. The molecule has 3 N–H and O–H groups in total. The molecule has 2 amide bonds. The second-order valence-corrected chi connectivity index (χ2v) is 8.13. The number of piperidine rings is 1. The molecular formula is C25H33N3O3. The van der Waals surface area contributed by atoms with Gasteiger partial charge in [-0.3, -0.25) is 14.5 Å². The van der Waals surface area contributed by atoms with E-state index in [2.05, 4.69) is 22.3 Å². The van der Waals surface area contributed by atoms with Gasteiger partial charge in [-0.05, 0) is 49.4 Å². The Kier molecular flexibility index (Phi) is 9.06. The van der Waals surface area contributed by atoms with E-state index in [1.54, 1.807) is 0 Å². The van der Waals surface area contributed by atoms with E-state index < -0.39 is 0 Å². The summed E-state index contributed by atoms with van der Waals surface area (Å²) in [5.41, 5.74) is 8.64. The van der Waals surface area contributed by atoms with Gasteiger partial charge in [-0.15, -0.1) is 0 Å². The normalized spacial score (nSPS) is 16.7. The second-order valence-electron chi connectivity index (χ2n) is 8.13. The van der Waals surface area contributed by atoms with Crippen LogP contribution < -0.4 is 11.1 Å². The van der Waals surface area contributed by atoms with Crippen LogP contribution in [-0.4, -0.2) is 43.0 Å². The Bertz CT molecular complexity index is 841. The lowest BCUT2D eigenvalue weighted by Gasteiger charge is -2.31. The van der Waals surface area contributed by atoms with Gasteiger partial charge in [0.2, 0.25) is 11.8 Å². The van der Waals surface area contributed by atoms with Gasteiger partial charge in [0, 0.05) is 31.8 Å². The van der Waals surface area contributed by atoms with Crippen LogP contribution in [0.5, 0.6) is 0 Å². The summed E-state index contributed by atoms with van der Waals surface area (Å²) in [6.45, 7) is 3.55. The van der Waals surface area contributed by atoms with E-state index in [0.717, 1.165) is 37.1 Å². The van der Waals surface area contributed by atoms with Gasteiger partial charge in [0.05, 0.1) is 12.5 Å². The molecular weight excluding hydrogens is 390 g/mol. The number of primary amides is 1. The van der Waals surface area contributed by atoms with Crippen molar-refractivity contribution in [2.24, 2.45) is 11.7 Å². The molecule has 0 saturated carbocycles. The third-order valence-corrected chi connectivity index (χ3v) is 5.66. The van der Waals surface area contributed by atoms with E-state index >= 15 is 0 Å². The van der Waals surface area contributed by atoms with E-state index in [1.165, 1.54) is 5.56 Å². The summed E-state index contributed by atoms with van der Waals surface area (Å²) >= 11 is 0. The molecule has 1 atom stereocenters. The van der Waals surface area contributed by atoms with Gasteiger partial charge in [0.25, 0.3) is 0 Å². The lowest BCUT2D eigenvalue weighted by molar-refractivity contribution is -0.123. The summed E-state index contributed by atoms with van der Waals surface area (Å²) in [7, 11) is 0. The Labute approximate surface area is 184 Å². The summed E-state index contributed by atoms with van der Waals surface area (Å²) < 4.78 is 5.67. The first-order chi connectivity index (χ1) is 15.1. The number of likely N-dealkylation sites (tertiary alicyclic amines) is 1. The fraction of sp³-hybridized carbons (Fsp3) is 0.440. The molecule has 0 radical (unpaired) electrons. The minimum Gasteiger partial charge on any atom is -0.381 e. The number of hydrogen-bond donors (Lipinski definition) is 2. The van der Waals surface area contributed by atoms with Crippen LogP contribution in [0.2, 0.25) is 0 Å². The molecule has 3 rings (SSSR count). The van der Waals surface area contributed by atoms with Crippen molar-refractivity contribution in [2.45, 2.75) is 38.6 Å². The van der Waals surface area contributed by atoms with E-state index in [-0.39, 0.29) is 17.7 Å². The molecule has 166 valence electrons. The quantitative estimate of drug-likeness (QED) is 0.543. The summed E-state index contributed by atoms with van der Waals surface area (Å²) in [5, 5.41) is 3.04. The van der Waals surface area contributed by atoms with Crippen molar-refractivity contribution in [1.82, 2.24) is 4.90 Å². The van der Waals surface area contributed by atoms with Gasteiger partial charge in [0.15, 0.2) is 0 Å². The molecule has 1 saturated heterocycles. The number of nitrogens with two attached hydrogens (primary N) is 1. The highest BCUT2D eigenvalue weighted by atomic mass is 16.5. The maximum Gasteiger partial charge on any atom is 0.224 e. The van der Waals surface area contributed by atoms with Crippen molar-refractivity contribution in [3.05, 3.63) is 65.7 Å². The van der Waals surface area contributed by atoms with E-state index in [9.17, 15) is 9.59 Å². The zero-order valence-corrected chi connectivity index (χ0v) is 18.1. The maximum atomic E-state index is 12.4. The number of benzene rings is 2. The topological polar surface area (TPSA) is 84.7 Å². The van der Waals surface area contributed by atoms with Crippen LogP contribution in [0.4, 0.5) is 5.69 Å². The number of nitrogens with zero attached hydrogens (tertiary/aromatic N) is 1. The smallest absolute Gasteiger partial charge is 0.224 e. The molecule has 1 fully saturated rings. The van der Waals surface area contributed by atoms with Crippen molar-refractivity contribution in [1.29, 1.82) is 0 Å². The fourth-order valence-corrected chi connectivity index (χ4v) is 3.94. The van der Waals surface area contributed by atoms with E-state index in [4.69, 9.17) is 10.5 Å². The molecule has 6 nitrogen and oxygen atoms in total. The molecule has 0 bridgehead atoms. The van der Waals surface area contributed by atoms with Gasteiger partial charge in [0.1, 0.15) is 0 Å². The average Bonchev–Trinajstić information content (AvgIpc) is 2.78. The molecule has 1 aliphatic heterocycles. The standard InChI is InChI=1S/C25H33N3O3/c26-25(30)22-11-6-15-28(19-22)18-21-10-4-5-12-23(21)27-24(29)13-7-16-31-17-14-20-8-2-1-3-9-20/h1-5,8-10,12,22H,6-7,11,13-19H2,(H2,26,30)(H,27,29). The molecule has 6 heteroatoms. The predicted molar refractivity (Wildman–Crippen MR) is 122 cm³/mol. The minimum absolute atomic E-state index is 0.00670. The lowest BCUT2D eigenvalue weighted by Crippen LogP contribution is -2.40. The Morgan fingerprint density at radius 3 is 2.65 bits per heavy atom. The molecule has 1 heterocycles. The van der Waals surface area contributed by atoms with Crippen LogP contribution >= 0.6 is 0 Å². The molecule has 31 heavy (non-hydrogen) atoms. The molecule has 2 aromatic rings. The van der Waals surface area contributed by atoms with E-state index in [0.29, 0.717) is 39.1 Å². The first kappa shape index (κ1) is 23.0. The molecule has 1 aliphatic rings. The molecule has 0 aromatic heterocycles. The van der Waals surface area contributed by atoms with Crippen molar-refractivity contribution < 1.29 is 14.3 Å². The Balaban J connectivity index is 1.39. The van der Waals surface area contributed by atoms with Crippen LogP contribution in [-0.2, 0) is 27.3 Å². The molecule has 0 aliphatic carbocycles. The van der Waals surface area contributed by atoms with Crippen LogP contribution in [0.3, 0.4) is 0 Å². The third kappa shape index (κ3) is 7.81. The van der Waals surface area contributed by atoms with Crippen molar-refractivity contribution >= 4 is 17.5 Å². The zero-order valence-electron chi connectivity index (χ0n) is 18.1. The number of rotatable bonds is 11. The second kappa shape index (κ2) is 12.2. The van der Waals surface area contributed by atoms with Crippen molar-refractivity contribution in [3.63, 3.8) is 0 Å². The summed E-state index contributed by atoms with van der Waals surface area (Å²) in [6.07, 6.45) is 3.82. The summed E-state index contributed by atoms with van der Waals surface area (Å²) in [5.74, 6) is -0.317. The number of nitrogens with one attached hydrogen (secondary N) is 1.